The number of likely N-dealkylation sites (N-methyl/N-ethyl adjacent to an activating group) is 1. The summed E-state index contributed by atoms with van der Waals surface area (Å²) in [6.07, 6.45) is 8.43. The molecule has 30 heavy (non-hydrogen) atoms. The van der Waals surface area contributed by atoms with Crippen molar-refractivity contribution in [3.8, 4) is 0 Å². The number of carbonyl (C=O) groups excluding carboxylic acids is 2. The van der Waals surface area contributed by atoms with Gasteiger partial charge in [-0.25, -0.2) is 9.67 Å². The van der Waals surface area contributed by atoms with Gasteiger partial charge in [-0.2, -0.15) is 5.10 Å². The molecule has 1 saturated heterocycles. The van der Waals surface area contributed by atoms with Gasteiger partial charge in [-0.15, -0.1) is 0 Å². The maximum absolute atomic E-state index is 13.9. The Morgan fingerprint density at radius 2 is 1.77 bits per heavy atom. The van der Waals surface area contributed by atoms with E-state index in [1.807, 2.05) is 13.3 Å². The van der Waals surface area contributed by atoms with Crippen LogP contribution in [0.4, 0.5) is 0 Å². The highest BCUT2D eigenvalue weighted by Gasteiger charge is 2.62. The summed E-state index contributed by atoms with van der Waals surface area (Å²) in [5, 5.41) is 4.69. The summed E-state index contributed by atoms with van der Waals surface area (Å²) in [6, 6.07) is 0. The van der Waals surface area contributed by atoms with Gasteiger partial charge in [-0.1, -0.05) is 0 Å². The number of piperazine rings is 1. The minimum atomic E-state index is -0.231. The minimum absolute atomic E-state index is 0.0268. The Morgan fingerprint density at radius 3 is 2.33 bits per heavy atom. The lowest BCUT2D eigenvalue weighted by Gasteiger charge is -2.61. The number of hydrogen-bond donors (Lipinski definition) is 0. The van der Waals surface area contributed by atoms with Crippen molar-refractivity contribution in [2.75, 3.05) is 46.8 Å². The molecule has 2 heterocycles. The molecular formula is C22H34N6O2. The zero-order valence-electron chi connectivity index (χ0n) is 18.5. The van der Waals surface area contributed by atoms with Crippen molar-refractivity contribution in [3.05, 3.63) is 12.2 Å². The van der Waals surface area contributed by atoms with E-state index < -0.39 is 0 Å². The van der Waals surface area contributed by atoms with Gasteiger partial charge < -0.3 is 9.80 Å². The van der Waals surface area contributed by atoms with Crippen LogP contribution in [-0.2, 0) is 15.1 Å². The Hall–Kier alpha value is -1.96. The second-order valence-corrected chi connectivity index (χ2v) is 10.6. The predicted octanol–water partition coefficient (Wildman–Crippen LogP) is 1.11. The molecule has 2 atom stereocenters. The highest BCUT2D eigenvalue weighted by Crippen LogP contribution is 2.64. The van der Waals surface area contributed by atoms with Gasteiger partial charge in [0.25, 0.3) is 0 Å². The molecule has 0 N–H and O–H groups in total. The number of carbonyl (C=O) groups is 2. The SMILES string of the molecule is Cc1ncn(C23C[C@H]4C[C@@H](CC(C(=O)N5CCN(CC(=O)N(C)C)CC5)(C4)C2)C3)n1. The first-order valence-corrected chi connectivity index (χ1v) is 11.4. The van der Waals surface area contributed by atoms with Crippen LogP contribution in [0.1, 0.15) is 44.3 Å². The predicted molar refractivity (Wildman–Crippen MR) is 112 cm³/mol. The van der Waals surface area contributed by atoms with Crippen molar-refractivity contribution in [2.24, 2.45) is 17.3 Å². The summed E-state index contributed by atoms with van der Waals surface area (Å²) in [6.45, 7) is 5.40. The lowest BCUT2D eigenvalue weighted by molar-refractivity contribution is -0.168. The van der Waals surface area contributed by atoms with E-state index in [1.54, 1.807) is 19.0 Å². The molecule has 5 fully saturated rings. The van der Waals surface area contributed by atoms with Crippen LogP contribution in [-0.4, -0.2) is 88.1 Å². The van der Waals surface area contributed by atoms with Crippen LogP contribution in [0, 0.1) is 24.2 Å². The largest absolute Gasteiger partial charge is 0.348 e. The van der Waals surface area contributed by atoms with Crippen LogP contribution < -0.4 is 0 Å². The molecule has 6 rings (SSSR count). The van der Waals surface area contributed by atoms with E-state index in [9.17, 15) is 9.59 Å². The summed E-state index contributed by atoms with van der Waals surface area (Å²) < 4.78 is 2.10. The molecule has 4 saturated carbocycles. The number of amides is 2. The molecular weight excluding hydrogens is 380 g/mol. The topological polar surface area (TPSA) is 74.6 Å². The number of aromatic nitrogens is 3. The first-order valence-electron chi connectivity index (χ1n) is 11.4. The van der Waals surface area contributed by atoms with Gasteiger partial charge >= 0.3 is 0 Å². The second-order valence-electron chi connectivity index (χ2n) is 10.6. The first kappa shape index (κ1) is 20.0. The van der Waals surface area contributed by atoms with Gasteiger partial charge in [-0.3, -0.25) is 14.5 Å². The number of aryl methyl sites for hydroxylation is 1. The highest BCUT2D eigenvalue weighted by molar-refractivity contribution is 5.84. The second kappa shape index (κ2) is 7.04. The van der Waals surface area contributed by atoms with Crippen molar-refractivity contribution >= 4 is 11.8 Å². The van der Waals surface area contributed by atoms with Crippen LogP contribution in [0.3, 0.4) is 0 Å². The third-order valence-electron chi connectivity index (χ3n) is 8.09. The van der Waals surface area contributed by atoms with E-state index in [1.165, 1.54) is 6.42 Å². The lowest BCUT2D eigenvalue weighted by atomic mass is 9.46. The van der Waals surface area contributed by atoms with Gasteiger partial charge in [0.05, 0.1) is 17.5 Å². The van der Waals surface area contributed by atoms with Gasteiger partial charge in [0.15, 0.2) is 0 Å². The number of nitrogens with zero attached hydrogens (tertiary/aromatic N) is 6. The Morgan fingerprint density at radius 1 is 1.10 bits per heavy atom. The van der Waals surface area contributed by atoms with Crippen LogP contribution in [0.5, 0.6) is 0 Å². The van der Waals surface area contributed by atoms with E-state index in [-0.39, 0.29) is 16.9 Å². The smallest absolute Gasteiger partial charge is 0.236 e. The van der Waals surface area contributed by atoms with E-state index >= 15 is 0 Å². The normalized spacial score (nSPS) is 35.6. The number of rotatable bonds is 4. The maximum atomic E-state index is 13.9. The van der Waals surface area contributed by atoms with Crippen molar-refractivity contribution in [2.45, 2.75) is 51.0 Å². The summed E-state index contributed by atoms with van der Waals surface area (Å²) in [5.41, 5.74) is -0.257. The van der Waals surface area contributed by atoms with Crippen LogP contribution >= 0.6 is 0 Å². The Labute approximate surface area is 178 Å². The van der Waals surface area contributed by atoms with Gasteiger partial charge in [0.2, 0.25) is 11.8 Å². The van der Waals surface area contributed by atoms with Crippen molar-refractivity contribution < 1.29 is 9.59 Å². The van der Waals surface area contributed by atoms with Gasteiger partial charge in [0.1, 0.15) is 12.2 Å². The van der Waals surface area contributed by atoms with Gasteiger partial charge in [-0.05, 0) is 57.3 Å². The molecule has 4 bridgehead atoms. The molecule has 164 valence electrons. The van der Waals surface area contributed by atoms with E-state index in [4.69, 9.17) is 5.10 Å². The highest BCUT2D eigenvalue weighted by atomic mass is 16.2. The Bertz CT molecular complexity index is 826. The molecule has 0 spiro atoms. The molecule has 8 nitrogen and oxygen atoms in total. The fraction of sp³-hybridized carbons (Fsp3) is 0.818. The molecule has 0 unspecified atom stereocenters. The molecule has 1 aromatic rings. The van der Waals surface area contributed by atoms with E-state index in [0.717, 1.165) is 64.1 Å². The summed E-state index contributed by atoms with van der Waals surface area (Å²) in [4.78, 5) is 36.2. The molecule has 0 radical (unpaired) electrons. The summed E-state index contributed by atoms with van der Waals surface area (Å²) >= 11 is 0. The van der Waals surface area contributed by atoms with Crippen LogP contribution in [0.15, 0.2) is 6.33 Å². The van der Waals surface area contributed by atoms with Crippen LogP contribution in [0.25, 0.3) is 0 Å². The van der Waals surface area contributed by atoms with Gasteiger partial charge in [0, 0.05) is 40.3 Å². The monoisotopic (exact) mass is 414 g/mol. The summed E-state index contributed by atoms with van der Waals surface area (Å²) in [5.74, 6) is 2.55. The Balaban J connectivity index is 1.31. The standard InChI is InChI=1S/C22H34N6O2/c1-16-23-15-28(24-16)22-11-17-8-18(12-22)10-21(9-17,14-22)20(30)27-6-4-26(5-7-27)13-19(29)25(2)3/h15,17-18H,4-14H2,1-3H3/t17-,18-,21?,22?/m0/s1. The molecule has 5 aliphatic rings. The molecule has 2 amide bonds. The zero-order valence-corrected chi connectivity index (χ0v) is 18.5. The minimum Gasteiger partial charge on any atom is -0.348 e. The average molecular weight is 415 g/mol. The molecule has 8 heteroatoms. The van der Waals surface area contributed by atoms with Crippen molar-refractivity contribution in [3.63, 3.8) is 0 Å². The first-order chi connectivity index (χ1) is 14.3. The molecule has 1 aliphatic heterocycles. The quantitative estimate of drug-likeness (QED) is 0.738. The summed E-state index contributed by atoms with van der Waals surface area (Å²) in [7, 11) is 3.59. The molecule has 0 aromatic carbocycles. The molecule has 4 aliphatic carbocycles. The number of hydrogen-bond acceptors (Lipinski definition) is 5. The average Bonchev–Trinajstić information content (AvgIpc) is 3.14. The van der Waals surface area contributed by atoms with Crippen molar-refractivity contribution in [1.29, 1.82) is 0 Å². The fourth-order valence-corrected chi connectivity index (χ4v) is 7.08. The lowest BCUT2D eigenvalue weighted by Crippen LogP contribution is -2.63. The van der Waals surface area contributed by atoms with Crippen LogP contribution in [0.2, 0.25) is 0 Å². The van der Waals surface area contributed by atoms with E-state index in [2.05, 4.69) is 19.5 Å². The van der Waals surface area contributed by atoms with Crippen molar-refractivity contribution in [1.82, 2.24) is 29.5 Å². The van der Waals surface area contributed by atoms with E-state index in [0.29, 0.717) is 24.3 Å². The fourth-order valence-electron chi connectivity index (χ4n) is 7.08. The molecule has 1 aromatic heterocycles. The zero-order chi connectivity index (χ0) is 21.1. The maximum Gasteiger partial charge on any atom is 0.236 e. The third kappa shape index (κ3) is 3.24. The third-order valence-corrected chi connectivity index (χ3v) is 8.09. The Kier molecular flexibility index (Phi) is 4.69.